The van der Waals surface area contributed by atoms with Crippen molar-refractivity contribution in [2.45, 2.75) is 26.7 Å². The number of rotatable bonds is 6. The standard InChI is InChI=1S/C13H17BrO2/c1-3-4-10(2)9-16-13-6-5-12(14)7-11(13)8-15/h5-8,10H,3-4,9H2,1-2H3. The maximum absolute atomic E-state index is 10.8. The Bertz CT molecular complexity index is 350. The lowest BCUT2D eigenvalue weighted by atomic mass is 10.1. The van der Waals surface area contributed by atoms with Crippen LogP contribution >= 0.6 is 15.9 Å². The summed E-state index contributed by atoms with van der Waals surface area (Å²) in [5.41, 5.74) is 0.595. The molecule has 0 aromatic heterocycles. The molecule has 0 aliphatic heterocycles. The molecule has 0 spiro atoms. The molecule has 0 amide bonds. The number of halogens is 1. The minimum atomic E-state index is 0.521. The number of ether oxygens (including phenoxy) is 1. The van der Waals surface area contributed by atoms with Crippen LogP contribution in [0, 0.1) is 5.92 Å². The fourth-order valence-electron chi connectivity index (χ4n) is 1.55. The van der Waals surface area contributed by atoms with Crippen LogP contribution in [0.2, 0.25) is 0 Å². The monoisotopic (exact) mass is 284 g/mol. The van der Waals surface area contributed by atoms with Gasteiger partial charge in [0.05, 0.1) is 12.2 Å². The Labute approximate surface area is 105 Å². The zero-order chi connectivity index (χ0) is 12.0. The lowest BCUT2D eigenvalue weighted by Gasteiger charge is -2.13. The molecule has 3 heteroatoms. The zero-order valence-corrected chi connectivity index (χ0v) is 11.3. The van der Waals surface area contributed by atoms with Gasteiger partial charge in [0, 0.05) is 4.47 Å². The number of benzene rings is 1. The van der Waals surface area contributed by atoms with Crippen LogP contribution in [0.1, 0.15) is 37.0 Å². The maximum Gasteiger partial charge on any atom is 0.153 e. The van der Waals surface area contributed by atoms with Gasteiger partial charge >= 0.3 is 0 Å². The molecular weight excluding hydrogens is 268 g/mol. The fourth-order valence-corrected chi connectivity index (χ4v) is 1.93. The second-order valence-electron chi connectivity index (χ2n) is 4.00. The Hall–Kier alpha value is -0.830. The minimum Gasteiger partial charge on any atom is -0.493 e. The summed E-state index contributed by atoms with van der Waals surface area (Å²) in [6, 6.07) is 5.48. The molecule has 1 atom stereocenters. The first-order chi connectivity index (χ1) is 7.67. The van der Waals surface area contributed by atoms with Crippen molar-refractivity contribution < 1.29 is 9.53 Å². The molecule has 0 N–H and O–H groups in total. The van der Waals surface area contributed by atoms with E-state index in [4.69, 9.17) is 4.74 Å². The first kappa shape index (κ1) is 13.2. The van der Waals surface area contributed by atoms with Gasteiger partial charge in [-0.25, -0.2) is 0 Å². The smallest absolute Gasteiger partial charge is 0.153 e. The molecule has 0 saturated heterocycles. The van der Waals surface area contributed by atoms with Crippen LogP contribution in [0.25, 0.3) is 0 Å². The highest BCUT2D eigenvalue weighted by Gasteiger charge is 2.06. The molecule has 0 saturated carbocycles. The second-order valence-corrected chi connectivity index (χ2v) is 4.92. The summed E-state index contributed by atoms with van der Waals surface area (Å²) >= 11 is 3.33. The van der Waals surface area contributed by atoms with Gasteiger partial charge in [0.2, 0.25) is 0 Å². The average molecular weight is 285 g/mol. The highest BCUT2D eigenvalue weighted by atomic mass is 79.9. The van der Waals surface area contributed by atoms with Crippen LogP contribution in [-0.2, 0) is 0 Å². The number of carbonyl (C=O) groups excluding carboxylic acids is 1. The SMILES string of the molecule is CCCC(C)COc1ccc(Br)cc1C=O. The van der Waals surface area contributed by atoms with E-state index in [2.05, 4.69) is 29.8 Å². The lowest BCUT2D eigenvalue weighted by molar-refractivity contribution is 0.111. The molecule has 0 heterocycles. The van der Waals surface area contributed by atoms with Crippen molar-refractivity contribution in [3.05, 3.63) is 28.2 Å². The van der Waals surface area contributed by atoms with Crippen molar-refractivity contribution in [3.8, 4) is 5.75 Å². The Balaban J connectivity index is 2.62. The Morgan fingerprint density at radius 3 is 2.88 bits per heavy atom. The molecule has 16 heavy (non-hydrogen) atoms. The lowest BCUT2D eigenvalue weighted by Crippen LogP contribution is -2.09. The van der Waals surface area contributed by atoms with E-state index < -0.39 is 0 Å². The molecule has 1 rings (SSSR count). The van der Waals surface area contributed by atoms with Crippen LogP contribution in [0.15, 0.2) is 22.7 Å². The van der Waals surface area contributed by atoms with Crippen molar-refractivity contribution >= 4 is 22.2 Å². The summed E-state index contributed by atoms with van der Waals surface area (Å²) in [5.74, 6) is 1.19. The van der Waals surface area contributed by atoms with Crippen LogP contribution in [0.3, 0.4) is 0 Å². The zero-order valence-electron chi connectivity index (χ0n) is 9.70. The first-order valence-corrected chi connectivity index (χ1v) is 6.34. The third kappa shape index (κ3) is 3.97. The predicted molar refractivity (Wildman–Crippen MR) is 69.1 cm³/mol. The van der Waals surface area contributed by atoms with Crippen LogP contribution in [-0.4, -0.2) is 12.9 Å². The quantitative estimate of drug-likeness (QED) is 0.736. The van der Waals surface area contributed by atoms with Crippen molar-refractivity contribution in [1.29, 1.82) is 0 Å². The van der Waals surface area contributed by atoms with Crippen molar-refractivity contribution in [1.82, 2.24) is 0 Å². The van der Waals surface area contributed by atoms with Crippen LogP contribution in [0.4, 0.5) is 0 Å². The van der Waals surface area contributed by atoms with E-state index >= 15 is 0 Å². The molecule has 1 unspecified atom stereocenters. The molecule has 88 valence electrons. The fraction of sp³-hybridized carbons (Fsp3) is 0.462. The average Bonchev–Trinajstić information content (AvgIpc) is 2.27. The normalized spacial score (nSPS) is 12.2. The third-order valence-electron chi connectivity index (χ3n) is 2.40. The predicted octanol–water partition coefficient (Wildman–Crippen LogP) is 4.08. The van der Waals surface area contributed by atoms with E-state index in [-0.39, 0.29) is 0 Å². The molecular formula is C13H17BrO2. The van der Waals surface area contributed by atoms with E-state index in [0.29, 0.717) is 23.8 Å². The van der Waals surface area contributed by atoms with E-state index in [9.17, 15) is 4.79 Å². The summed E-state index contributed by atoms with van der Waals surface area (Å²) < 4.78 is 6.54. The van der Waals surface area contributed by atoms with Crippen molar-refractivity contribution in [2.75, 3.05) is 6.61 Å². The summed E-state index contributed by atoms with van der Waals surface area (Å²) in [4.78, 5) is 10.8. The summed E-state index contributed by atoms with van der Waals surface area (Å²) in [7, 11) is 0. The van der Waals surface area contributed by atoms with Gasteiger partial charge in [-0.3, -0.25) is 4.79 Å². The van der Waals surface area contributed by atoms with Crippen LogP contribution in [0.5, 0.6) is 5.75 Å². The summed E-state index contributed by atoms with van der Waals surface area (Å²) in [5, 5.41) is 0. The van der Waals surface area contributed by atoms with Crippen molar-refractivity contribution in [3.63, 3.8) is 0 Å². The van der Waals surface area contributed by atoms with Gasteiger partial charge in [0.15, 0.2) is 6.29 Å². The molecule has 0 bridgehead atoms. The Morgan fingerprint density at radius 2 is 2.25 bits per heavy atom. The van der Waals surface area contributed by atoms with Gasteiger partial charge in [-0.1, -0.05) is 36.2 Å². The van der Waals surface area contributed by atoms with Crippen molar-refractivity contribution in [2.24, 2.45) is 5.92 Å². The molecule has 1 aromatic carbocycles. The molecule has 0 fully saturated rings. The van der Waals surface area contributed by atoms with E-state index in [0.717, 1.165) is 23.6 Å². The number of aldehydes is 1. The second kappa shape index (κ2) is 6.69. The van der Waals surface area contributed by atoms with E-state index in [1.54, 1.807) is 6.07 Å². The first-order valence-electron chi connectivity index (χ1n) is 5.55. The highest BCUT2D eigenvalue weighted by molar-refractivity contribution is 9.10. The van der Waals surface area contributed by atoms with Gasteiger partial charge < -0.3 is 4.74 Å². The third-order valence-corrected chi connectivity index (χ3v) is 2.90. The van der Waals surface area contributed by atoms with Gasteiger partial charge in [-0.2, -0.15) is 0 Å². The topological polar surface area (TPSA) is 26.3 Å². The number of carbonyl (C=O) groups is 1. The molecule has 2 nitrogen and oxygen atoms in total. The molecule has 0 radical (unpaired) electrons. The maximum atomic E-state index is 10.8. The summed E-state index contributed by atoms with van der Waals surface area (Å²) in [6.45, 7) is 4.98. The van der Waals surface area contributed by atoms with E-state index in [1.165, 1.54) is 0 Å². The van der Waals surface area contributed by atoms with Gasteiger partial charge in [-0.15, -0.1) is 0 Å². The van der Waals surface area contributed by atoms with E-state index in [1.807, 2.05) is 12.1 Å². The van der Waals surface area contributed by atoms with Gasteiger partial charge in [-0.05, 0) is 30.5 Å². The minimum absolute atomic E-state index is 0.521. The van der Waals surface area contributed by atoms with Gasteiger partial charge in [0.1, 0.15) is 5.75 Å². The summed E-state index contributed by atoms with van der Waals surface area (Å²) in [6.07, 6.45) is 3.13. The van der Waals surface area contributed by atoms with Crippen LogP contribution < -0.4 is 4.74 Å². The number of hydrogen-bond acceptors (Lipinski definition) is 2. The molecule has 1 aromatic rings. The highest BCUT2D eigenvalue weighted by Crippen LogP contribution is 2.22. The molecule has 0 aliphatic rings. The molecule has 0 aliphatic carbocycles. The van der Waals surface area contributed by atoms with Gasteiger partial charge in [0.25, 0.3) is 0 Å². The number of hydrogen-bond donors (Lipinski definition) is 0. The Morgan fingerprint density at radius 1 is 1.50 bits per heavy atom. The Kier molecular flexibility index (Phi) is 5.53. The largest absolute Gasteiger partial charge is 0.493 e.